The molecule has 186 valence electrons. The number of carbonyl (C=O) groups excluding carboxylic acids is 1. The Morgan fingerprint density at radius 2 is 1.91 bits per heavy atom. The first-order chi connectivity index (χ1) is 16.0. The lowest BCUT2D eigenvalue weighted by Crippen LogP contribution is -2.36. The molecule has 1 unspecified atom stereocenters. The number of nitrogens with zero attached hydrogens (tertiary/aromatic N) is 1. The Morgan fingerprint density at radius 1 is 1.21 bits per heavy atom. The van der Waals surface area contributed by atoms with Crippen LogP contribution in [0.2, 0.25) is 0 Å². The maximum Gasteiger partial charge on any atom is 0.573 e. The number of carbonyl (C=O) groups is 1. The number of amides is 1. The molecule has 1 N–H and O–H groups in total. The average molecular weight is 481 g/mol. The molecule has 1 saturated heterocycles. The van der Waals surface area contributed by atoms with Crippen LogP contribution in [0.4, 0.5) is 13.2 Å². The lowest BCUT2D eigenvalue weighted by molar-refractivity contribution is -0.274. The van der Waals surface area contributed by atoms with E-state index >= 15 is 0 Å². The quantitative estimate of drug-likeness (QED) is 0.587. The number of para-hydroxylation sites is 1. The van der Waals surface area contributed by atoms with Crippen molar-refractivity contribution in [3.8, 4) is 17.0 Å². The minimum atomic E-state index is -4.84. The summed E-state index contributed by atoms with van der Waals surface area (Å²) in [5.74, 6) is -1.29. The first-order valence-corrected chi connectivity index (χ1v) is 11.7. The van der Waals surface area contributed by atoms with Gasteiger partial charge in [0.15, 0.2) is 5.79 Å². The molecule has 34 heavy (non-hydrogen) atoms. The van der Waals surface area contributed by atoms with Crippen LogP contribution in [0.25, 0.3) is 11.3 Å². The van der Waals surface area contributed by atoms with Crippen LogP contribution in [0, 0.1) is 6.92 Å². The largest absolute Gasteiger partial charge is 0.573 e. The molecule has 1 aliphatic carbocycles. The monoisotopic (exact) mass is 480 g/mol. The summed E-state index contributed by atoms with van der Waals surface area (Å²) in [6.45, 7) is 6.08. The summed E-state index contributed by atoms with van der Waals surface area (Å²) in [6.07, 6.45) is 0.0363. The van der Waals surface area contributed by atoms with Gasteiger partial charge in [0.2, 0.25) is 0 Å². The number of aromatic nitrogens is 1. The third-order valence-electron chi connectivity index (χ3n) is 6.39. The SMILES string of the molecule is Cc1c(C(=O)NC2CCCCC2)cc(-c2ccccc2OC(F)(F)F)n1CC1COC(C)(C)O1. The highest BCUT2D eigenvalue weighted by Crippen LogP contribution is 2.37. The van der Waals surface area contributed by atoms with E-state index in [0.717, 1.165) is 25.7 Å². The van der Waals surface area contributed by atoms with Gasteiger partial charge in [-0.05, 0) is 51.8 Å². The second-order valence-corrected chi connectivity index (χ2v) is 9.44. The summed E-state index contributed by atoms with van der Waals surface area (Å²) < 4.78 is 57.0. The van der Waals surface area contributed by atoms with Crippen molar-refractivity contribution in [1.29, 1.82) is 0 Å². The van der Waals surface area contributed by atoms with E-state index in [-0.39, 0.29) is 29.4 Å². The topological polar surface area (TPSA) is 61.7 Å². The van der Waals surface area contributed by atoms with Gasteiger partial charge in [-0.25, -0.2) is 0 Å². The van der Waals surface area contributed by atoms with Gasteiger partial charge in [-0.15, -0.1) is 13.2 Å². The van der Waals surface area contributed by atoms with Gasteiger partial charge in [-0.1, -0.05) is 31.4 Å². The molecule has 0 spiro atoms. The van der Waals surface area contributed by atoms with Gasteiger partial charge in [-0.3, -0.25) is 4.79 Å². The van der Waals surface area contributed by atoms with Gasteiger partial charge < -0.3 is 24.1 Å². The molecule has 2 aliphatic rings. The molecule has 6 nitrogen and oxygen atoms in total. The van der Waals surface area contributed by atoms with E-state index in [1.165, 1.54) is 18.6 Å². The molecule has 1 aromatic heterocycles. The fourth-order valence-electron chi connectivity index (χ4n) is 4.79. The highest BCUT2D eigenvalue weighted by atomic mass is 19.4. The molecular weight excluding hydrogens is 449 g/mol. The van der Waals surface area contributed by atoms with Crippen LogP contribution in [0.3, 0.4) is 0 Å². The molecule has 1 atom stereocenters. The molecule has 0 radical (unpaired) electrons. The number of alkyl halides is 3. The number of rotatable bonds is 6. The van der Waals surface area contributed by atoms with Crippen molar-refractivity contribution in [2.45, 2.75) is 83.7 Å². The normalized spacial score (nSPS) is 20.9. The maximum atomic E-state index is 13.2. The molecule has 2 heterocycles. The summed E-state index contributed by atoms with van der Waals surface area (Å²) in [7, 11) is 0. The Kier molecular flexibility index (Phi) is 6.96. The predicted octanol–water partition coefficient (Wildman–Crippen LogP) is 5.58. The fraction of sp³-hybridized carbons (Fsp3) is 0.560. The second-order valence-electron chi connectivity index (χ2n) is 9.44. The van der Waals surface area contributed by atoms with E-state index in [1.54, 1.807) is 25.1 Å². The first kappa shape index (κ1) is 24.6. The third kappa shape index (κ3) is 5.75. The third-order valence-corrected chi connectivity index (χ3v) is 6.39. The van der Waals surface area contributed by atoms with Crippen molar-refractivity contribution in [2.24, 2.45) is 0 Å². The summed E-state index contributed by atoms with van der Waals surface area (Å²) in [5, 5.41) is 3.11. The standard InChI is InChI=1S/C25H31F3N2O4/c1-16-20(23(31)29-17-9-5-4-6-10-17)13-21(30(16)14-18-15-32-24(2,3)33-18)19-11-7-8-12-22(19)34-25(26,27)28/h7-8,11-13,17-18H,4-6,9-10,14-15H2,1-3H3,(H,29,31). The minimum absolute atomic E-state index is 0.112. The molecule has 1 aromatic carbocycles. The van der Waals surface area contributed by atoms with E-state index in [1.807, 2.05) is 18.4 Å². The molecule has 1 amide bonds. The maximum absolute atomic E-state index is 13.2. The predicted molar refractivity (Wildman–Crippen MR) is 121 cm³/mol. The average Bonchev–Trinajstić information content (AvgIpc) is 3.27. The molecule has 1 aliphatic heterocycles. The van der Waals surface area contributed by atoms with Crippen LogP contribution in [0.5, 0.6) is 5.75 Å². The van der Waals surface area contributed by atoms with Crippen LogP contribution < -0.4 is 10.1 Å². The van der Waals surface area contributed by atoms with Crippen molar-refractivity contribution in [3.63, 3.8) is 0 Å². The van der Waals surface area contributed by atoms with E-state index in [9.17, 15) is 18.0 Å². The van der Waals surface area contributed by atoms with Crippen LogP contribution in [0.15, 0.2) is 30.3 Å². The van der Waals surface area contributed by atoms with Crippen LogP contribution in [0.1, 0.15) is 62.0 Å². The number of nitrogens with one attached hydrogen (secondary N) is 1. The second kappa shape index (κ2) is 9.62. The zero-order chi connectivity index (χ0) is 24.5. The minimum Gasteiger partial charge on any atom is -0.405 e. The number of hydrogen-bond acceptors (Lipinski definition) is 4. The Morgan fingerprint density at radius 3 is 2.56 bits per heavy atom. The smallest absolute Gasteiger partial charge is 0.405 e. The lowest BCUT2D eigenvalue weighted by Gasteiger charge is -2.23. The zero-order valence-corrected chi connectivity index (χ0v) is 19.7. The summed E-state index contributed by atoms with van der Waals surface area (Å²) in [6, 6.07) is 7.72. The Labute approximate surface area is 197 Å². The van der Waals surface area contributed by atoms with Crippen molar-refractivity contribution >= 4 is 5.91 Å². The van der Waals surface area contributed by atoms with Gasteiger partial charge >= 0.3 is 6.36 Å². The number of hydrogen-bond donors (Lipinski definition) is 1. The number of ether oxygens (including phenoxy) is 3. The lowest BCUT2D eigenvalue weighted by atomic mass is 9.95. The molecule has 9 heteroatoms. The molecule has 4 rings (SSSR count). The van der Waals surface area contributed by atoms with Gasteiger partial charge in [-0.2, -0.15) is 0 Å². The van der Waals surface area contributed by atoms with Crippen LogP contribution in [-0.2, 0) is 16.0 Å². The van der Waals surface area contributed by atoms with Crippen LogP contribution >= 0.6 is 0 Å². The Balaban J connectivity index is 1.71. The summed E-state index contributed by atoms with van der Waals surface area (Å²) >= 11 is 0. The fourth-order valence-corrected chi connectivity index (χ4v) is 4.79. The Hall–Kier alpha value is -2.52. The van der Waals surface area contributed by atoms with Crippen molar-refractivity contribution in [1.82, 2.24) is 9.88 Å². The molecule has 2 aromatic rings. The highest BCUT2D eigenvalue weighted by molar-refractivity contribution is 5.97. The van der Waals surface area contributed by atoms with Gasteiger partial charge in [0.05, 0.1) is 24.4 Å². The van der Waals surface area contributed by atoms with Gasteiger partial charge in [0.1, 0.15) is 11.9 Å². The van der Waals surface area contributed by atoms with Crippen molar-refractivity contribution < 1.29 is 32.2 Å². The Bertz CT molecular complexity index is 1030. The highest BCUT2D eigenvalue weighted by Gasteiger charge is 2.35. The van der Waals surface area contributed by atoms with Crippen LogP contribution in [-0.4, -0.2) is 41.4 Å². The van der Waals surface area contributed by atoms with E-state index in [2.05, 4.69) is 10.1 Å². The summed E-state index contributed by atoms with van der Waals surface area (Å²) in [5.41, 5.74) is 1.79. The van der Waals surface area contributed by atoms with E-state index in [0.29, 0.717) is 30.1 Å². The first-order valence-electron chi connectivity index (χ1n) is 11.7. The van der Waals surface area contributed by atoms with Gasteiger partial charge in [0.25, 0.3) is 5.91 Å². The van der Waals surface area contributed by atoms with Crippen molar-refractivity contribution in [2.75, 3.05) is 6.61 Å². The molecule has 2 fully saturated rings. The van der Waals surface area contributed by atoms with Crippen molar-refractivity contribution in [3.05, 3.63) is 41.6 Å². The zero-order valence-electron chi connectivity index (χ0n) is 19.7. The van der Waals surface area contributed by atoms with E-state index < -0.39 is 12.1 Å². The van der Waals surface area contributed by atoms with Gasteiger partial charge in [0, 0.05) is 17.3 Å². The number of benzene rings is 1. The summed E-state index contributed by atoms with van der Waals surface area (Å²) in [4.78, 5) is 13.2. The number of halogens is 3. The molecular formula is C25H31F3N2O4. The molecule has 0 bridgehead atoms. The van der Waals surface area contributed by atoms with E-state index in [4.69, 9.17) is 9.47 Å². The molecule has 1 saturated carbocycles.